The van der Waals surface area contributed by atoms with Gasteiger partial charge in [0.1, 0.15) is 5.75 Å². The van der Waals surface area contributed by atoms with Crippen LogP contribution in [0.25, 0.3) is 0 Å². The second-order valence-electron chi connectivity index (χ2n) is 4.97. The molecule has 18 heavy (non-hydrogen) atoms. The van der Waals surface area contributed by atoms with Gasteiger partial charge in [-0.15, -0.1) is 0 Å². The molecule has 5 heteroatoms. The zero-order chi connectivity index (χ0) is 12.8. The molecular formula is C13H16BrNO3. The number of aromatic hydroxyl groups is 1. The molecule has 98 valence electrons. The summed E-state index contributed by atoms with van der Waals surface area (Å²) in [5, 5.41) is 10.3. The minimum atomic E-state index is -0.481. The summed E-state index contributed by atoms with van der Waals surface area (Å²) in [6.45, 7) is 1.22. The number of hydrogen-bond donors (Lipinski definition) is 2. The first-order valence-corrected chi connectivity index (χ1v) is 7.01. The van der Waals surface area contributed by atoms with Gasteiger partial charge in [0, 0.05) is 18.0 Å². The fraction of sp³-hybridized carbons (Fsp3) is 0.538. The van der Waals surface area contributed by atoms with Crippen LogP contribution in [0.2, 0.25) is 0 Å². The normalized spacial score (nSPS) is 21.0. The molecule has 1 aliphatic carbocycles. The van der Waals surface area contributed by atoms with E-state index in [1.165, 1.54) is 0 Å². The van der Waals surface area contributed by atoms with Crippen molar-refractivity contribution >= 4 is 15.9 Å². The van der Waals surface area contributed by atoms with E-state index in [1.54, 1.807) is 6.07 Å². The highest BCUT2D eigenvalue weighted by atomic mass is 79.9. The predicted molar refractivity (Wildman–Crippen MR) is 71.1 cm³/mol. The second-order valence-corrected chi connectivity index (χ2v) is 5.82. The summed E-state index contributed by atoms with van der Waals surface area (Å²) in [6.07, 6.45) is 3.65. The van der Waals surface area contributed by atoms with E-state index in [9.17, 15) is 5.11 Å². The van der Waals surface area contributed by atoms with Gasteiger partial charge in [-0.25, -0.2) is 0 Å². The van der Waals surface area contributed by atoms with Gasteiger partial charge in [-0.1, -0.05) is 0 Å². The number of fused-ring (bicyclic) bond motifs is 1. The lowest BCUT2D eigenvalue weighted by atomic mass is 9.72. The molecule has 0 saturated heterocycles. The molecule has 0 bridgehead atoms. The van der Waals surface area contributed by atoms with E-state index in [1.807, 2.05) is 0 Å². The molecule has 4 nitrogen and oxygen atoms in total. The highest BCUT2D eigenvalue weighted by molar-refractivity contribution is 9.10. The molecule has 0 atom stereocenters. The maximum absolute atomic E-state index is 10.3. The Bertz CT molecular complexity index is 486. The Balaban J connectivity index is 2.18. The van der Waals surface area contributed by atoms with Crippen LogP contribution in [-0.2, 0) is 5.54 Å². The van der Waals surface area contributed by atoms with Crippen molar-refractivity contribution in [2.45, 2.75) is 31.2 Å². The molecule has 1 saturated carbocycles. The number of nitrogens with two attached hydrogens (primary N) is 1. The zero-order valence-electron chi connectivity index (χ0n) is 10.0. The molecule has 1 fully saturated rings. The minimum absolute atomic E-state index is 0.182. The minimum Gasteiger partial charge on any atom is -0.506 e. The Morgan fingerprint density at radius 1 is 1.22 bits per heavy atom. The van der Waals surface area contributed by atoms with Crippen LogP contribution in [0, 0.1) is 0 Å². The summed E-state index contributed by atoms with van der Waals surface area (Å²) < 4.78 is 12.0. The van der Waals surface area contributed by atoms with Gasteiger partial charge in [0.2, 0.25) is 0 Å². The molecule has 0 amide bonds. The number of rotatable bonds is 1. The van der Waals surface area contributed by atoms with Crippen molar-refractivity contribution in [2.24, 2.45) is 5.73 Å². The second kappa shape index (κ2) is 4.31. The van der Waals surface area contributed by atoms with Crippen molar-refractivity contribution in [3.8, 4) is 17.2 Å². The molecule has 1 heterocycles. The predicted octanol–water partition coefficient (Wildman–Crippen LogP) is 2.65. The van der Waals surface area contributed by atoms with E-state index < -0.39 is 5.54 Å². The van der Waals surface area contributed by atoms with Gasteiger partial charge in [0.15, 0.2) is 11.5 Å². The highest BCUT2D eigenvalue weighted by Gasteiger charge is 2.41. The largest absolute Gasteiger partial charge is 0.506 e. The summed E-state index contributed by atoms with van der Waals surface area (Å²) in [5.74, 6) is 1.47. The summed E-state index contributed by atoms with van der Waals surface area (Å²) in [4.78, 5) is 0. The molecular weight excluding hydrogens is 298 g/mol. The smallest absolute Gasteiger partial charge is 0.170 e. The van der Waals surface area contributed by atoms with E-state index in [2.05, 4.69) is 15.9 Å². The van der Waals surface area contributed by atoms with E-state index >= 15 is 0 Å². The average Bonchev–Trinajstić information content (AvgIpc) is 2.53. The lowest BCUT2D eigenvalue weighted by molar-refractivity contribution is 0.228. The fourth-order valence-corrected chi connectivity index (χ4v) is 2.94. The molecule has 0 spiro atoms. The van der Waals surface area contributed by atoms with Gasteiger partial charge < -0.3 is 20.3 Å². The van der Waals surface area contributed by atoms with Crippen molar-refractivity contribution in [1.82, 2.24) is 0 Å². The maximum Gasteiger partial charge on any atom is 0.170 e. The number of ether oxygens (including phenoxy) is 2. The Kier molecular flexibility index (Phi) is 2.90. The van der Waals surface area contributed by atoms with Gasteiger partial charge in [-0.2, -0.15) is 0 Å². The molecule has 0 radical (unpaired) electrons. The van der Waals surface area contributed by atoms with E-state index in [0.717, 1.165) is 25.7 Å². The lowest BCUT2D eigenvalue weighted by Gasteiger charge is -2.40. The van der Waals surface area contributed by atoms with Crippen LogP contribution in [-0.4, -0.2) is 18.3 Å². The first kappa shape index (κ1) is 12.1. The van der Waals surface area contributed by atoms with Gasteiger partial charge in [0.25, 0.3) is 0 Å². The van der Waals surface area contributed by atoms with Gasteiger partial charge >= 0.3 is 0 Å². The first-order valence-electron chi connectivity index (χ1n) is 6.22. The number of phenols is 1. The molecule has 1 aromatic carbocycles. The summed E-state index contributed by atoms with van der Waals surface area (Å²) in [6, 6.07) is 1.75. The van der Waals surface area contributed by atoms with Crippen LogP contribution in [0.3, 0.4) is 0 Å². The van der Waals surface area contributed by atoms with Crippen LogP contribution < -0.4 is 15.2 Å². The van der Waals surface area contributed by atoms with Crippen LogP contribution in [0.15, 0.2) is 10.5 Å². The lowest BCUT2D eigenvalue weighted by Crippen LogP contribution is -2.43. The van der Waals surface area contributed by atoms with E-state index in [0.29, 0.717) is 34.7 Å². The first-order chi connectivity index (χ1) is 8.62. The van der Waals surface area contributed by atoms with Crippen LogP contribution in [0.5, 0.6) is 17.2 Å². The van der Waals surface area contributed by atoms with Gasteiger partial charge in [-0.05, 0) is 35.2 Å². The summed E-state index contributed by atoms with van der Waals surface area (Å²) >= 11 is 3.36. The van der Waals surface area contributed by atoms with Gasteiger partial charge in [0.05, 0.1) is 23.2 Å². The van der Waals surface area contributed by atoms with Crippen molar-refractivity contribution < 1.29 is 14.6 Å². The molecule has 3 N–H and O–H groups in total. The Labute approximate surface area is 114 Å². The molecule has 0 unspecified atom stereocenters. The summed E-state index contributed by atoms with van der Waals surface area (Å²) in [7, 11) is 0. The number of halogens is 1. The zero-order valence-corrected chi connectivity index (χ0v) is 11.6. The third-order valence-corrected chi connectivity index (χ3v) is 4.31. The van der Waals surface area contributed by atoms with Gasteiger partial charge in [-0.3, -0.25) is 0 Å². The Hall–Kier alpha value is -0.940. The third kappa shape index (κ3) is 1.77. The number of phenolic OH excluding ortho intramolecular Hbond substituents is 1. The monoisotopic (exact) mass is 313 g/mol. The number of benzene rings is 1. The molecule has 1 aliphatic heterocycles. The van der Waals surface area contributed by atoms with Crippen molar-refractivity contribution in [1.29, 1.82) is 0 Å². The van der Waals surface area contributed by atoms with Crippen molar-refractivity contribution in [2.75, 3.05) is 13.2 Å². The maximum atomic E-state index is 10.3. The standard InChI is InChI=1S/C13H16BrNO3/c14-8-7-9-12(18-6-2-5-17-9)10(11(8)16)13(15)3-1-4-13/h7,16H,1-6,15H2. The van der Waals surface area contributed by atoms with E-state index in [-0.39, 0.29) is 5.75 Å². The quantitative estimate of drug-likeness (QED) is 0.836. The Morgan fingerprint density at radius 3 is 2.61 bits per heavy atom. The number of hydrogen-bond acceptors (Lipinski definition) is 4. The Morgan fingerprint density at radius 2 is 1.94 bits per heavy atom. The molecule has 2 aliphatic rings. The third-order valence-electron chi connectivity index (χ3n) is 3.71. The molecule has 3 rings (SSSR count). The van der Waals surface area contributed by atoms with Crippen molar-refractivity contribution in [3.63, 3.8) is 0 Å². The van der Waals surface area contributed by atoms with Crippen LogP contribution in [0.4, 0.5) is 0 Å². The molecule has 0 aromatic heterocycles. The van der Waals surface area contributed by atoms with Crippen LogP contribution in [0.1, 0.15) is 31.2 Å². The average molecular weight is 314 g/mol. The fourth-order valence-electron chi connectivity index (χ4n) is 2.53. The topological polar surface area (TPSA) is 64.7 Å². The summed E-state index contributed by atoms with van der Waals surface area (Å²) in [5.41, 5.74) is 6.57. The molecule has 1 aromatic rings. The highest BCUT2D eigenvalue weighted by Crippen LogP contribution is 2.52. The SMILES string of the molecule is NC1(c2c(O)c(Br)cc3c2OCCCO3)CCC1. The van der Waals surface area contributed by atoms with E-state index in [4.69, 9.17) is 15.2 Å². The van der Waals surface area contributed by atoms with Crippen molar-refractivity contribution in [3.05, 3.63) is 16.1 Å². The van der Waals surface area contributed by atoms with Crippen LogP contribution >= 0.6 is 15.9 Å².